The number of nitrogens with zero attached hydrogens (tertiary/aromatic N) is 1. The molecule has 0 spiro atoms. The molecule has 0 N–H and O–H groups in total. The number of halogens is 2. The van der Waals surface area contributed by atoms with Crippen LogP contribution in [-0.4, -0.2) is 30.2 Å². The lowest BCUT2D eigenvalue weighted by Crippen LogP contribution is -2.67. The third-order valence-corrected chi connectivity index (χ3v) is 6.19. The molecule has 0 amide bonds. The molecule has 0 atom stereocenters. The Labute approximate surface area is 185 Å². The van der Waals surface area contributed by atoms with E-state index in [4.69, 9.17) is 9.47 Å². The smallest absolute Gasteiger partial charge is 0.196 e. The van der Waals surface area contributed by atoms with Crippen LogP contribution < -0.4 is 9.47 Å². The molecule has 1 aliphatic rings. The average Bonchev–Trinajstić information content (AvgIpc) is 2.72. The topological polar surface area (TPSA) is 18.5 Å². The van der Waals surface area contributed by atoms with E-state index in [1.165, 1.54) is 17.7 Å². The molecule has 1 aliphatic heterocycles. The minimum Gasteiger partial charge on any atom is -0.485 e. The van der Waals surface area contributed by atoms with Crippen molar-refractivity contribution < 1.29 is 18.3 Å². The first-order valence-electron chi connectivity index (χ1n) is 10.3. The van der Waals surface area contributed by atoms with Crippen molar-refractivity contribution >= 4 is 15.9 Å². The predicted octanol–water partition coefficient (Wildman–Crippen LogP) is 5.97. The van der Waals surface area contributed by atoms with Gasteiger partial charge in [0.15, 0.2) is 17.6 Å². The molecule has 1 fully saturated rings. The fraction of sp³-hybridized carbons (Fsp3) is 0.280. The van der Waals surface area contributed by atoms with Gasteiger partial charge in [0.1, 0.15) is 32.1 Å². The first-order valence-corrected chi connectivity index (χ1v) is 11.1. The summed E-state index contributed by atoms with van der Waals surface area (Å²) in [5.74, 6) is 1.14. The number of quaternary nitrogens is 1. The van der Waals surface area contributed by atoms with Crippen molar-refractivity contribution in [2.24, 2.45) is 0 Å². The summed E-state index contributed by atoms with van der Waals surface area (Å²) in [5.41, 5.74) is 2.15. The molecule has 5 heteroatoms. The van der Waals surface area contributed by atoms with E-state index < -0.39 is 0 Å². The van der Waals surface area contributed by atoms with E-state index in [1.54, 1.807) is 6.07 Å². The van der Waals surface area contributed by atoms with Crippen LogP contribution in [0.15, 0.2) is 77.3 Å². The van der Waals surface area contributed by atoms with Gasteiger partial charge in [0.25, 0.3) is 0 Å². The molecule has 3 aromatic rings. The lowest BCUT2D eigenvalue weighted by Gasteiger charge is -2.49. The number of likely N-dealkylation sites (N-methyl/N-ethyl adjacent to an activating group) is 1. The molecule has 0 aliphatic carbocycles. The minimum atomic E-state index is -0.259. The Hall–Kier alpha value is -2.37. The molecule has 0 saturated carbocycles. The van der Waals surface area contributed by atoms with E-state index in [0.29, 0.717) is 12.4 Å². The number of likely N-dealkylation sites (tertiary alicyclic amines) is 1. The van der Waals surface area contributed by atoms with Crippen molar-refractivity contribution in [1.82, 2.24) is 0 Å². The first-order chi connectivity index (χ1) is 14.5. The Morgan fingerprint density at radius 2 is 1.70 bits per heavy atom. The van der Waals surface area contributed by atoms with E-state index in [1.807, 2.05) is 24.3 Å². The summed E-state index contributed by atoms with van der Waals surface area (Å²) in [6.45, 7) is 6.59. The molecule has 3 aromatic carbocycles. The fourth-order valence-electron chi connectivity index (χ4n) is 4.02. The van der Waals surface area contributed by atoms with Gasteiger partial charge in [0.05, 0.1) is 6.54 Å². The summed E-state index contributed by atoms with van der Waals surface area (Å²) in [6, 6.07) is 22.9. The van der Waals surface area contributed by atoms with Crippen molar-refractivity contribution in [2.75, 3.05) is 19.6 Å². The molecule has 156 valence electrons. The molecule has 0 aromatic heterocycles. The summed E-state index contributed by atoms with van der Waals surface area (Å²) in [6.07, 6.45) is 0.152. The zero-order chi connectivity index (χ0) is 21.0. The molecular weight excluding hydrogens is 445 g/mol. The molecule has 0 unspecified atom stereocenters. The van der Waals surface area contributed by atoms with E-state index >= 15 is 0 Å². The monoisotopic (exact) mass is 470 g/mol. The molecule has 4 rings (SSSR count). The van der Waals surface area contributed by atoms with Crippen LogP contribution >= 0.6 is 15.9 Å². The highest BCUT2D eigenvalue weighted by molar-refractivity contribution is 9.10. The normalized spacial score (nSPS) is 20.4. The first kappa shape index (κ1) is 20.9. The molecule has 0 bridgehead atoms. The average molecular weight is 471 g/mol. The van der Waals surface area contributed by atoms with Crippen LogP contribution in [-0.2, 0) is 13.2 Å². The standard InChI is InChI=1S/C25H26BrFNO2/c1-2-28(15-19-7-4-3-5-8-19)16-23(17-28)30-25-14-21(26)11-12-24(25)29-18-20-9-6-10-22(27)13-20/h3-14,23H,2,15-18H2,1H3/q+1/t23-,28+. The highest BCUT2D eigenvalue weighted by Gasteiger charge is 2.44. The van der Waals surface area contributed by atoms with Gasteiger partial charge in [0, 0.05) is 10.0 Å². The predicted molar refractivity (Wildman–Crippen MR) is 120 cm³/mol. The second kappa shape index (κ2) is 9.19. The van der Waals surface area contributed by atoms with E-state index in [9.17, 15) is 4.39 Å². The second-order valence-corrected chi connectivity index (χ2v) is 8.83. The summed E-state index contributed by atoms with van der Waals surface area (Å²) in [5, 5.41) is 0. The van der Waals surface area contributed by atoms with Crippen molar-refractivity contribution in [3.05, 3.63) is 94.2 Å². The minimum absolute atomic E-state index is 0.152. The maximum absolute atomic E-state index is 13.4. The zero-order valence-corrected chi connectivity index (χ0v) is 18.6. The molecule has 30 heavy (non-hydrogen) atoms. The van der Waals surface area contributed by atoms with Gasteiger partial charge in [-0.3, -0.25) is 0 Å². The summed E-state index contributed by atoms with van der Waals surface area (Å²) in [7, 11) is 0. The lowest BCUT2D eigenvalue weighted by molar-refractivity contribution is -0.981. The van der Waals surface area contributed by atoms with E-state index in [-0.39, 0.29) is 11.9 Å². The largest absolute Gasteiger partial charge is 0.485 e. The second-order valence-electron chi connectivity index (χ2n) is 7.92. The number of rotatable bonds is 8. The molecule has 1 heterocycles. The van der Waals surface area contributed by atoms with Crippen molar-refractivity contribution in [1.29, 1.82) is 0 Å². The van der Waals surface area contributed by atoms with Crippen LogP contribution in [0.25, 0.3) is 0 Å². The van der Waals surface area contributed by atoms with Gasteiger partial charge in [-0.25, -0.2) is 4.39 Å². The van der Waals surface area contributed by atoms with Crippen LogP contribution in [0, 0.1) is 5.82 Å². The Balaban J connectivity index is 1.40. The van der Waals surface area contributed by atoms with E-state index in [0.717, 1.165) is 46.4 Å². The van der Waals surface area contributed by atoms with Crippen molar-refractivity contribution in [3.8, 4) is 11.5 Å². The van der Waals surface area contributed by atoms with Crippen molar-refractivity contribution in [2.45, 2.75) is 26.2 Å². The van der Waals surface area contributed by atoms with Gasteiger partial charge in [-0.1, -0.05) is 58.4 Å². The number of ether oxygens (including phenoxy) is 2. The summed E-state index contributed by atoms with van der Waals surface area (Å²) >= 11 is 3.52. The fourth-order valence-corrected chi connectivity index (χ4v) is 4.36. The van der Waals surface area contributed by atoms with Crippen LogP contribution in [0.1, 0.15) is 18.1 Å². The molecule has 3 nitrogen and oxygen atoms in total. The van der Waals surface area contributed by atoms with Gasteiger partial charge >= 0.3 is 0 Å². The Morgan fingerprint density at radius 1 is 0.933 bits per heavy atom. The number of hydrogen-bond donors (Lipinski definition) is 0. The maximum Gasteiger partial charge on any atom is 0.196 e. The third kappa shape index (κ3) is 5.02. The number of benzene rings is 3. The van der Waals surface area contributed by atoms with Crippen molar-refractivity contribution in [3.63, 3.8) is 0 Å². The van der Waals surface area contributed by atoms with Crippen LogP contribution in [0.3, 0.4) is 0 Å². The number of hydrogen-bond acceptors (Lipinski definition) is 2. The summed E-state index contributed by atoms with van der Waals surface area (Å²) in [4.78, 5) is 0. The molecular formula is C25H26BrFNO2+. The van der Waals surface area contributed by atoms with Gasteiger partial charge in [-0.15, -0.1) is 0 Å². The Bertz CT molecular complexity index is 989. The Kier molecular flexibility index (Phi) is 6.40. The van der Waals surface area contributed by atoms with Gasteiger partial charge in [-0.05, 0) is 42.8 Å². The van der Waals surface area contributed by atoms with E-state index in [2.05, 4.69) is 53.2 Å². The third-order valence-electron chi connectivity index (χ3n) is 5.70. The van der Waals surface area contributed by atoms with Crippen LogP contribution in [0.2, 0.25) is 0 Å². The quantitative estimate of drug-likeness (QED) is 0.377. The van der Waals surface area contributed by atoms with Crippen LogP contribution in [0.5, 0.6) is 11.5 Å². The van der Waals surface area contributed by atoms with Gasteiger partial charge < -0.3 is 14.0 Å². The maximum atomic E-state index is 13.4. The Morgan fingerprint density at radius 3 is 2.43 bits per heavy atom. The molecule has 0 radical (unpaired) electrons. The summed E-state index contributed by atoms with van der Waals surface area (Å²) < 4.78 is 27.7. The van der Waals surface area contributed by atoms with Crippen LogP contribution in [0.4, 0.5) is 4.39 Å². The molecule has 1 saturated heterocycles. The zero-order valence-electron chi connectivity index (χ0n) is 17.1. The lowest BCUT2D eigenvalue weighted by atomic mass is 10.0. The van der Waals surface area contributed by atoms with Gasteiger partial charge in [0.2, 0.25) is 0 Å². The highest BCUT2D eigenvalue weighted by Crippen LogP contribution is 2.35. The SMILES string of the molecule is CC[N@+]1(Cc2ccccc2)C[C@@H](Oc2cc(Br)ccc2OCc2cccc(F)c2)C1. The highest BCUT2D eigenvalue weighted by atomic mass is 79.9. The van der Waals surface area contributed by atoms with Gasteiger partial charge in [-0.2, -0.15) is 0 Å².